The maximum absolute atomic E-state index is 6.15. The minimum atomic E-state index is 0.232. The van der Waals surface area contributed by atoms with Crippen molar-refractivity contribution >= 4 is 50.5 Å². The highest BCUT2D eigenvalue weighted by molar-refractivity contribution is 9.09. The molecule has 16 heavy (non-hydrogen) atoms. The Labute approximate surface area is 117 Å². The van der Waals surface area contributed by atoms with Crippen molar-refractivity contribution in [2.45, 2.75) is 11.2 Å². The lowest BCUT2D eigenvalue weighted by Gasteiger charge is -2.11. The van der Waals surface area contributed by atoms with Gasteiger partial charge in [0.2, 0.25) is 0 Å². The number of alkyl halides is 1. The van der Waals surface area contributed by atoms with E-state index in [2.05, 4.69) is 33.4 Å². The first-order chi connectivity index (χ1) is 7.66. The standard InChI is InChI=1S/C12H9BrCl2S/c13-11(7-9-2-1-5-16-9)10-4-3-8(14)6-12(10)15/h1-6,11H,7H2. The summed E-state index contributed by atoms with van der Waals surface area (Å²) in [6.07, 6.45) is 0.943. The molecule has 0 aliphatic rings. The summed E-state index contributed by atoms with van der Waals surface area (Å²) in [5, 5.41) is 3.47. The minimum absolute atomic E-state index is 0.232. The zero-order valence-corrected chi connectivity index (χ0v) is 12.2. The predicted molar refractivity (Wildman–Crippen MR) is 76.2 cm³/mol. The molecule has 1 aromatic heterocycles. The van der Waals surface area contributed by atoms with E-state index in [1.807, 2.05) is 12.1 Å². The molecule has 1 aromatic carbocycles. The second kappa shape index (κ2) is 5.54. The molecule has 0 bridgehead atoms. The van der Waals surface area contributed by atoms with E-state index in [4.69, 9.17) is 23.2 Å². The van der Waals surface area contributed by atoms with Crippen molar-refractivity contribution in [2.24, 2.45) is 0 Å². The van der Waals surface area contributed by atoms with Gasteiger partial charge in [-0.3, -0.25) is 0 Å². The lowest BCUT2D eigenvalue weighted by Crippen LogP contribution is -1.94. The van der Waals surface area contributed by atoms with Crippen molar-refractivity contribution in [2.75, 3.05) is 0 Å². The van der Waals surface area contributed by atoms with Crippen LogP contribution in [0, 0.1) is 0 Å². The predicted octanol–water partition coefficient (Wildman–Crippen LogP) is 5.73. The third kappa shape index (κ3) is 3.01. The van der Waals surface area contributed by atoms with Gasteiger partial charge in [0.25, 0.3) is 0 Å². The molecule has 0 N–H and O–H groups in total. The number of hydrogen-bond donors (Lipinski definition) is 0. The fourth-order valence-electron chi connectivity index (χ4n) is 1.47. The van der Waals surface area contributed by atoms with E-state index in [0.29, 0.717) is 10.0 Å². The van der Waals surface area contributed by atoms with Crippen LogP contribution in [0.3, 0.4) is 0 Å². The maximum atomic E-state index is 6.15. The molecule has 4 heteroatoms. The Bertz CT molecular complexity index is 468. The number of halogens is 3. The molecule has 2 rings (SSSR count). The van der Waals surface area contributed by atoms with Gasteiger partial charge in [-0.15, -0.1) is 11.3 Å². The fourth-order valence-corrected chi connectivity index (χ4v) is 3.86. The zero-order valence-electron chi connectivity index (χ0n) is 8.29. The van der Waals surface area contributed by atoms with Crippen LogP contribution in [0.4, 0.5) is 0 Å². The Kier molecular flexibility index (Phi) is 4.31. The molecule has 0 saturated heterocycles. The summed E-state index contributed by atoms with van der Waals surface area (Å²) in [4.78, 5) is 1.57. The quantitative estimate of drug-likeness (QED) is 0.628. The van der Waals surface area contributed by atoms with Crippen LogP contribution in [-0.4, -0.2) is 0 Å². The highest BCUT2D eigenvalue weighted by Crippen LogP contribution is 2.34. The van der Waals surface area contributed by atoms with Crippen molar-refractivity contribution in [3.8, 4) is 0 Å². The Hall–Kier alpha value is -0.0200. The van der Waals surface area contributed by atoms with Gasteiger partial charge in [0, 0.05) is 19.7 Å². The first-order valence-electron chi connectivity index (χ1n) is 4.78. The molecule has 0 saturated carbocycles. The zero-order chi connectivity index (χ0) is 11.5. The molecule has 0 radical (unpaired) electrons. The van der Waals surface area contributed by atoms with Crippen molar-refractivity contribution < 1.29 is 0 Å². The molecule has 1 unspecified atom stereocenters. The highest BCUT2D eigenvalue weighted by atomic mass is 79.9. The van der Waals surface area contributed by atoms with Crippen molar-refractivity contribution in [1.29, 1.82) is 0 Å². The summed E-state index contributed by atoms with van der Waals surface area (Å²) in [7, 11) is 0. The summed E-state index contributed by atoms with van der Waals surface area (Å²) in [5.74, 6) is 0. The Morgan fingerprint density at radius 1 is 1.25 bits per heavy atom. The second-order valence-electron chi connectivity index (χ2n) is 3.42. The van der Waals surface area contributed by atoms with E-state index >= 15 is 0 Å². The highest BCUT2D eigenvalue weighted by Gasteiger charge is 2.12. The molecule has 0 aliphatic carbocycles. The van der Waals surface area contributed by atoms with Crippen LogP contribution < -0.4 is 0 Å². The summed E-state index contributed by atoms with van der Waals surface area (Å²) in [6.45, 7) is 0. The van der Waals surface area contributed by atoms with Crippen LogP contribution in [0.1, 0.15) is 15.3 Å². The van der Waals surface area contributed by atoms with Crippen molar-refractivity contribution in [1.82, 2.24) is 0 Å². The first-order valence-corrected chi connectivity index (χ1v) is 7.33. The number of rotatable bonds is 3. The number of hydrogen-bond acceptors (Lipinski definition) is 1. The van der Waals surface area contributed by atoms with E-state index in [1.165, 1.54) is 4.88 Å². The van der Waals surface area contributed by atoms with E-state index in [1.54, 1.807) is 17.4 Å². The van der Waals surface area contributed by atoms with Gasteiger partial charge in [0.15, 0.2) is 0 Å². The normalized spacial score (nSPS) is 12.7. The van der Waals surface area contributed by atoms with Gasteiger partial charge in [-0.05, 0) is 35.6 Å². The van der Waals surface area contributed by atoms with Crippen LogP contribution in [0.15, 0.2) is 35.7 Å². The molecule has 0 spiro atoms. The molecule has 0 amide bonds. The molecular weight excluding hydrogens is 327 g/mol. The van der Waals surface area contributed by atoms with Crippen LogP contribution in [-0.2, 0) is 6.42 Å². The minimum Gasteiger partial charge on any atom is -0.149 e. The molecular formula is C12H9BrCl2S. The third-order valence-electron chi connectivity index (χ3n) is 2.26. The van der Waals surface area contributed by atoms with Gasteiger partial charge < -0.3 is 0 Å². The average Bonchev–Trinajstić information content (AvgIpc) is 2.70. The van der Waals surface area contributed by atoms with Crippen molar-refractivity contribution in [3.63, 3.8) is 0 Å². The van der Waals surface area contributed by atoms with Gasteiger partial charge in [-0.2, -0.15) is 0 Å². The average molecular weight is 336 g/mol. The lowest BCUT2D eigenvalue weighted by atomic mass is 10.1. The van der Waals surface area contributed by atoms with Crippen LogP contribution in [0.5, 0.6) is 0 Å². The van der Waals surface area contributed by atoms with Crippen LogP contribution in [0.25, 0.3) is 0 Å². The number of thiophene rings is 1. The Morgan fingerprint density at radius 3 is 2.69 bits per heavy atom. The number of benzene rings is 1. The molecule has 0 fully saturated rings. The van der Waals surface area contributed by atoms with Crippen LogP contribution >= 0.6 is 50.5 Å². The first kappa shape index (κ1) is 12.4. The third-order valence-corrected chi connectivity index (χ3v) is 4.54. The van der Waals surface area contributed by atoms with Gasteiger partial charge in [-0.25, -0.2) is 0 Å². The lowest BCUT2D eigenvalue weighted by molar-refractivity contribution is 0.969. The molecule has 0 nitrogen and oxygen atoms in total. The second-order valence-corrected chi connectivity index (χ2v) is 6.40. The van der Waals surface area contributed by atoms with E-state index < -0.39 is 0 Å². The topological polar surface area (TPSA) is 0 Å². The fraction of sp³-hybridized carbons (Fsp3) is 0.167. The van der Waals surface area contributed by atoms with Gasteiger partial charge in [0.1, 0.15) is 0 Å². The summed E-state index contributed by atoms with van der Waals surface area (Å²) < 4.78 is 0. The van der Waals surface area contributed by atoms with Crippen LogP contribution in [0.2, 0.25) is 10.0 Å². The molecule has 1 atom stereocenters. The molecule has 1 heterocycles. The van der Waals surface area contributed by atoms with Gasteiger partial charge >= 0.3 is 0 Å². The molecule has 0 aliphatic heterocycles. The largest absolute Gasteiger partial charge is 0.149 e. The van der Waals surface area contributed by atoms with Gasteiger partial charge in [-0.1, -0.05) is 51.3 Å². The smallest absolute Gasteiger partial charge is 0.0464 e. The Morgan fingerprint density at radius 2 is 2.06 bits per heavy atom. The molecule has 84 valence electrons. The maximum Gasteiger partial charge on any atom is 0.0464 e. The SMILES string of the molecule is Clc1ccc(C(Br)Cc2cccs2)c(Cl)c1. The Balaban J connectivity index is 2.17. The van der Waals surface area contributed by atoms with Gasteiger partial charge in [0.05, 0.1) is 0 Å². The summed E-state index contributed by atoms with van der Waals surface area (Å²) in [5.41, 5.74) is 1.08. The van der Waals surface area contributed by atoms with E-state index in [9.17, 15) is 0 Å². The van der Waals surface area contributed by atoms with E-state index in [-0.39, 0.29) is 4.83 Å². The van der Waals surface area contributed by atoms with E-state index in [0.717, 1.165) is 12.0 Å². The monoisotopic (exact) mass is 334 g/mol. The molecule has 2 aromatic rings. The summed E-state index contributed by atoms with van der Waals surface area (Å²) in [6, 6.07) is 9.80. The summed E-state index contributed by atoms with van der Waals surface area (Å²) >= 11 is 17.4. The van der Waals surface area contributed by atoms with Crippen molar-refractivity contribution in [3.05, 3.63) is 56.2 Å².